The van der Waals surface area contributed by atoms with Gasteiger partial charge in [0.25, 0.3) is 5.91 Å². The summed E-state index contributed by atoms with van der Waals surface area (Å²) < 4.78 is 34.6. The fraction of sp³-hybridized carbons (Fsp3) is 0.438. The molecule has 44 heavy (non-hydrogen) atoms. The Balaban J connectivity index is 1.36. The van der Waals surface area contributed by atoms with Crippen LogP contribution in [0, 0.1) is 5.92 Å². The van der Waals surface area contributed by atoms with Crippen molar-refractivity contribution in [3.05, 3.63) is 90.2 Å². The maximum atomic E-state index is 14.8. The number of halogens is 3. The van der Waals surface area contributed by atoms with Crippen LogP contribution in [0.25, 0.3) is 0 Å². The molecule has 3 amide bonds. The molecule has 1 aromatic rings. The van der Waals surface area contributed by atoms with Crippen molar-refractivity contribution in [2.45, 2.75) is 56.4 Å². The molecule has 1 saturated heterocycles. The van der Waals surface area contributed by atoms with Crippen LogP contribution in [-0.2, 0) is 4.74 Å². The number of fused-ring (bicyclic) bond motifs is 1. The van der Waals surface area contributed by atoms with Crippen molar-refractivity contribution < 1.29 is 28.2 Å². The van der Waals surface area contributed by atoms with E-state index in [0.717, 1.165) is 19.0 Å². The zero-order valence-corrected chi connectivity index (χ0v) is 25.2. The van der Waals surface area contributed by atoms with Crippen molar-refractivity contribution >= 4 is 29.4 Å². The number of carbonyl (C=O) groups is 2. The Morgan fingerprint density at radius 3 is 2.59 bits per heavy atom. The monoisotopic (exact) mass is 629 g/mol. The first-order valence-electron chi connectivity index (χ1n) is 14.7. The van der Waals surface area contributed by atoms with Gasteiger partial charge in [0.1, 0.15) is 12.8 Å². The molecule has 9 nitrogen and oxygen atoms in total. The SMILES string of the molecule is C=CCC(F)c1ncc(Cl)cc1C(=O)N[C@H]1CC[C@H](CN2C(=O)N(C/C=C(F)\C(=N/C=C)OCCO)C3C=CC=CC32)CC1. The Morgan fingerprint density at radius 2 is 1.93 bits per heavy atom. The summed E-state index contributed by atoms with van der Waals surface area (Å²) in [6.45, 7) is 7.12. The van der Waals surface area contributed by atoms with Crippen LogP contribution in [0.5, 0.6) is 0 Å². The van der Waals surface area contributed by atoms with Crippen LogP contribution in [0.2, 0.25) is 5.02 Å². The molecule has 3 atom stereocenters. The van der Waals surface area contributed by atoms with Gasteiger partial charge in [0.2, 0.25) is 5.90 Å². The van der Waals surface area contributed by atoms with E-state index in [0.29, 0.717) is 19.4 Å². The zero-order valence-electron chi connectivity index (χ0n) is 24.5. The molecule has 236 valence electrons. The Morgan fingerprint density at radius 1 is 1.23 bits per heavy atom. The molecule has 0 bridgehead atoms. The van der Waals surface area contributed by atoms with E-state index in [1.807, 2.05) is 29.2 Å². The molecule has 0 aromatic carbocycles. The first kappa shape index (κ1) is 33.1. The number of nitrogens with zero attached hydrogens (tertiary/aromatic N) is 4. The molecule has 0 radical (unpaired) electrons. The topological polar surface area (TPSA) is 107 Å². The van der Waals surface area contributed by atoms with Crippen LogP contribution in [0.3, 0.4) is 0 Å². The fourth-order valence-corrected chi connectivity index (χ4v) is 5.97. The van der Waals surface area contributed by atoms with Gasteiger partial charge >= 0.3 is 6.03 Å². The van der Waals surface area contributed by atoms with Crippen LogP contribution < -0.4 is 5.32 Å². The molecule has 1 aromatic heterocycles. The van der Waals surface area contributed by atoms with Gasteiger partial charge in [-0.3, -0.25) is 9.78 Å². The second-order valence-electron chi connectivity index (χ2n) is 10.8. The summed E-state index contributed by atoms with van der Waals surface area (Å²) >= 11 is 6.06. The summed E-state index contributed by atoms with van der Waals surface area (Å²) in [6, 6.07) is 0.684. The van der Waals surface area contributed by atoms with E-state index in [9.17, 15) is 18.4 Å². The molecule has 2 fully saturated rings. The Labute approximate surface area is 261 Å². The molecule has 2 aliphatic carbocycles. The molecule has 3 unspecified atom stereocenters. The molecule has 1 saturated carbocycles. The van der Waals surface area contributed by atoms with Crippen LogP contribution in [0.4, 0.5) is 13.6 Å². The smallest absolute Gasteiger partial charge is 0.321 e. The molecular weight excluding hydrogens is 592 g/mol. The molecule has 12 heteroatoms. The highest BCUT2D eigenvalue weighted by atomic mass is 35.5. The van der Waals surface area contributed by atoms with E-state index in [1.54, 1.807) is 4.90 Å². The number of rotatable bonds is 13. The van der Waals surface area contributed by atoms with Gasteiger partial charge in [0.15, 0.2) is 5.83 Å². The highest BCUT2D eigenvalue weighted by Crippen LogP contribution is 2.33. The van der Waals surface area contributed by atoms with E-state index in [4.69, 9.17) is 21.4 Å². The highest BCUT2D eigenvalue weighted by molar-refractivity contribution is 6.30. The summed E-state index contributed by atoms with van der Waals surface area (Å²) in [7, 11) is 0. The summed E-state index contributed by atoms with van der Waals surface area (Å²) in [5.41, 5.74) is 0.159. The number of aromatic nitrogens is 1. The van der Waals surface area contributed by atoms with Gasteiger partial charge in [-0.05, 0) is 43.7 Å². The number of hydrogen-bond donors (Lipinski definition) is 2. The fourth-order valence-electron chi connectivity index (χ4n) is 5.81. The summed E-state index contributed by atoms with van der Waals surface area (Å²) in [5.74, 6) is -1.26. The van der Waals surface area contributed by atoms with E-state index >= 15 is 0 Å². The number of allylic oxidation sites excluding steroid dienone is 3. The van der Waals surface area contributed by atoms with Crippen molar-refractivity contribution in [2.75, 3.05) is 26.3 Å². The van der Waals surface area contributed by atoms with Crippen molar-refractivity contribution in [3.63, 3.8) is 0 Å². The number of nitrogens with one attached hydrogen (secondary N) is 1. The molecule has 3 aliphatic rings. The zero-order chi connectivity index (χ0) is 31.6. The number of hydrogen-bond acceptors (Lipinski definition) is 6. The van der Waals surface area contributed by atoms with Crippen molar-refractivity contribution in [2.24, 2.45) is 10.9 Å². The third-order valence-electron chi connectivity index (χ3n) is 7.94. The summed E-state index contributed by atoms with van der Waals surface area (Å²) in [5, 5.41) is 12.3. The average Bonchev–Trinajstić information content (AvgIpc) is 3.28. The van der Waals surface area contributed by atoms with Crippen molar-refractivity contribution in [3.8, 4) is 0 Å². The molecular formula is C32H38ClF2N5O4. The van der Waals surface area contributed by atoms with E-state index in [-0.39, 0.29) is 78.4 Å². The van der Waals surface area contributed by atoms with Gasteiger partial charge in [-0.25, -0.2) is 18.6 Å². The number of aliphatic hydroxyl groups excluding tert-OH is 1. The third kappa shape index (κ3) is 8.00. The van der Waals surface area contributed by atoms with Crippen LogP contribution in [0.1, 0.15) is 54.3 Å². The third-order valence-corrected chi connectivity index (χ3v) is 8.14. The number of aliphatic hydroxyl groups is 1. The Bertz CT molecular complexity index is 1340. The number of carbonyl (C=O) groups excluding carboxylic acids is 2. The predicted octanol–water partition coefficient (Wildman–Crippen LogP) is 5.62. The number of urea groups is 1. The first-order valence-corrected chi connectivity index (χ1v) is 15.1. The minimum atomic E-state index is -1.46. The minimum absolute atomic E-state index is 0.00478. The minimum Gasteiger partial charge on any atom is -0.473 e. The predicted molar refractivity (Wildman–Crippen MR) is 166 cm³/mol. The lowest BCUT2D eigenvalue weighted by Crippen LogP contribution is -2.42. The van der Waals surface area contributed by atoms with Gasteiger partial charge < -0.3 is 25.0 Å². The lowest BCUT2D eigenvalue weighted by molar-refractivity contribution is 0.0915. The largest absolute Gasteiger partial charge is 0.473 e. The normalized spacial score (nSPS) is 24.2. The van der Waals surface area contributed by atoms with Crippen LogP contribution >= 0.6 is 11.6 Å². The number of alkyl halides is 1. The standard InChI is InChI=1S/C32H38ClF2N5O4/c1-3-7-25(34)29-24(18-22(33)19-37-29)30(42)38-23-12-10-21(11-13-23)20-40-28-9-6-5-8-27(28)39(32(40)43)15-14-26(35)31(36-4-2)44-17-16-41/h3-6,8-9,14,18-19,21,23,25,27-28,41H,1-2,7,10-13,15-17,20H2,(H,38,42)/b26-14+,36-31+/t21-,23-,25?,27?,28?. The van der Waals surface area contributed by atoms with Crippen molar-refractivity contribution in [1.29, 1.82) is 0 Å². The second-order valence-corrected chi connectivity index (χ2v) is 11.3. The number of aliphatic imine (C=N–C) groups is 1. The van der Waals surface area contributed by atoms with E-state index in [1.165, 1.54) is 24.4 Å². The van der Waals surface area contributed by atoms with E-state index in [2.05, 4.69) is 28.5 Å². The molecule has 4 rings (SSSR count). The Hall–Kier alpha value is -3.83. The second kappa shape index (κ2) is 15.8. The first-order chi connectivity index (χ1) is 21.3. The maximum absolute atomic E-state index is 14.8. The van der Waals surface area contributed by atoms with Crippen LogP contribution in [-0.4, -0.2) is 82.2 Å². The van der Waals surface area contributed by atoms with Crippen LogP contribution in [0.15, 0.2) is 78.9 Å². The van der Waals surface area contributed by atoms with Gasteiger partial charge in [-0.1, -0.05) is 48.6 Å². The van der Waals surface area contributed by atoms with Gasteiger partial charge in [0.05, 0.1) is 35.0 Å². The summed E-state index contributed by atoms with van der Waals surface area (Å²) in [4.78, 5) is 37.9. The molecule has 0 spiro atoms. The van der Waals surface area contributed by atoms with Gasteiger partial charge in [-0.2, -0.15) is 0 Å². The average molecular weight is 630 g/mol. The van der Waals surface area contributed by atoms with E-state index < -0.39 is 17.9 Å². The number of pyridine rings is 1. The maximum Gasteiger partial charge on any atom is 0.321 e. The van der Waals surface area contributed by atoms with Gasteiger partial charge in [0, 0.05) is 37.9 Å². The summed E-state index contributed by atoms with van der Waals surface area (Å²) in [6.07, 6.45) is 14.4. The highest BCUT2D eigenvalue weighted by Gasteiger charge is 2.44. The molecule has 2 heterocycles. The lowest BCUT2D eigenvalue weighted by atomic mass is 9.85. The molecule has 2 N–H and O–H groups in total. The molecule has 1 aliphatic heterocycles. The number of ether oxygens (including phenoxy) is 1. The lowest BCUT2D eigenvalue weighted by Gasteiger charge is -2.33. The quantitative estimate of drug-likeness (QED) is 0.167. The number of amides is 3. The Kier molecular flexibility index (Phi) is 11.8. The van der Waals surface area contributed by atoms with Gasteiger partial charge in [-0.15, -0.1) is 6.58 Å². The van der Waals surface area contributed by atoms with Crippen molar-refractivity contribution in [1.82, 2.24) is 20.1 Å².